The van der Waals surface area contributed by atoms with Crippen molar-refractivity contribution in [3.8, 4) is 5.75 Å². The average Bonchev–Trinajstić information content (AvgIpc) is 3.37. The lowest BCUT2D eigenvalue weighted by Gasteiger charge is -2.29. The summed E-state index contributed by atoms with van der Waals surface area (Å²) >= 11 is 0. The molecule has 24 heavy (non-hydrogen) atoms. The van der Waals surface area contributed by atoms with Crippen molar-refractivity contribution in [3.05, 3.63) is 41.6 Å². The lowest BCUT2D eigenvalue weighted by molar-refractivity contribution is -0.125. The molecular formula is C17H22N4O3. The zero-order valence-electron chi connectivity index (χ0n) is 13.8. The van der Waals surface area contributed by atoms with Crippen LogP contribution in [0.3, 0.4) is 0 Å². The number of para-hydroxylation sites is 1. The number of primary amides is 1. The molecule has 7 nitrogen and oxygen atoms in total. The number of methoxy groups -OCH3 is 1. The Morgan fingerprint density at radius 2 is 2.12 bits per heavy atom. The van der Waals surface area contributed by atoms with E-state index in [-0.39, 0.29) is 11.8 Å². The normalized spacial score (nSPS) is 22.9. The fourth-order valence-corrected chi connectivity index (χ4v) is 3.13. The minimum Gasteiger partial charge on any atom is -0.496 e. The Balaban J connectivity index is 1.93. The van der Waals surface area contributed by atoms with Crippen LogP contribution in [0.5, 0.6) is 5.75 Å². The molecule has 0 spiro atoms. The van der Waals surface area contributed by atoms with Crippen molar-refractivity contribution >= 4 is 11.8 Å². The lowest BCUT2D eigenvalue weighted by Crippen LogP contribution is -2.57. The predicted octanol–water partition coefficient (Wildman–Crippen LogP) is 0.279. The Kier molecular flexibility index (Phi) is 4.19. The quantitative estimate of drug-likeness (QED) is 0.696. The number of hydrogen-bond acceptors (Lipinski definition) is 5. The molecule has 128 valence electrons. The molecule has 1 aromatic carbocycles. The standard InChI is InChI=1S/C17H22N4O3/c1-19-15(22)13-9-17(16(18)23,12-7-8-12)20-21(13)10-11-5-3-4-6-14(11)24-2/h3-6,9,12,20H,7-8,10H2,1-2H3,(H2,18,23)(H,19,22). The maximum Gasteiger partial charge on any atom is 0.268 e. The molecule has 7 heteroatoms. The highest BCUT2D eigenvalue weighted by Gasteiger charge is 2.53. The molecule has 1 aliphatic heterocycles. The number of benzene rings is 1. The van der Waals surface area contributed by atoms with Gasteiger partial charge >= 0.3 is 0 Å². The second kappa shape index (κ2) is 6.16. The SMILES string of the molecule is CNC(=O)C1=CC(C(N)=O)(C2CC2)NN1Cc1ccccc1OC. The highest BCUT2D eigenvalue weighted by Crippen LogP contribution is 2.44. The molecule has 4 N–H and O–H groups in total. The van der Waals surface area contributed by atoms with E-state index in [1.54, 1.807) is 25.2 Å². The summed E-state index contributed by atoms with van der Waals surface area (Å²) in [5.74, 6) is 0.117. The first-order chi connectivity index (χ1) is 11.5. The second-order valence-corrected chi connectivity index (χ2v) is 6.13. The van der Waals surface area contributed by atoms with Gasteiger partial charge in [0, 0.05) is 12.6 Å². The predicted molar refractivity (Wildman–Crippen MR) is 88.5 cm³/mol. The van der Waals surface area contributed by atoms with Crippen LogP contribution in [0.1, 0.15) is 18.4 Å². The number of nitrogens with zero attached hydrogens (tertiary/aromatic N) is 1. The van der Waals surface area contributed by atoms with Gasteiger partial charge in [0.2, 0.25) is 5.91 Å². The van der Waals surface area contributed by atoms with Gasteiger partial charge in [0.25, 0.3) is 5.91 Å². The molecule has 1 unspecified atom stereocenters. The van der Waals surface area contributed by atoms with Crippen LogP contribution in [0.25, 0.3) is 0 Å². The fraction of sp³-hybridized carbons (Fsp3) is 0.412. The largest absolute Gasteiger partial charge is 0.496 e. The van der Waals surface area contributed by atoms with Crippen LogP contribution < -0.4 is 21.2 Å². The number of rotatable bonds is 6. The zero-order chi connectivity index (χ0) is 17.3. The minimum atomic E-state index is -0.996. The number of hydrazine groups is 1. The van der Waals surface area contributed by atoms with Crippen molar-refractivity contribution in [3.63, 3.8) is 0 Å². The Morgan fingerprint density at radius 1 is 1.42 bits per heavy atom. The van der Waals surface area contributed by atoms with Crippen molar-refractivity contribution in [2.75, 3.05) is 14.2 Å². The molecule has 0 radical (unpaired) electrons. The van der Waals surface area contributed by atoms with Gasteiger partial charge in [0.05, 0.1) is 13.7 Å². The third-order valence-electron chi connectivity index (χ3n) is 4.58. The lowest BCUT2D eigenvalue weighted by atomic mass is 9.93. The topological polar surface area (TPSA) is 96.7 Å². The van der Waals surface area contributed by atoms with E-state index >= 15 is 0 Å². The van der Waals surface area contributed by atoms with Gasteiger partial charge in [-0.15, -0.1) is 0 Å². The highest BCUT2D eigenvalue weighted by molar-refractivity contribution is 5.97. The third-order valence-corrected chi connectivity index (χ3v) is 4.58. The summed E-state index contributed by atoms with van der Waals surface area (Å²) < 4.78 is 5.37. The minimum absolute atomic E-state index is 0.123. The highest BCUT2D eigenvalue weighted by atomic mass is 16.5. The number of likely N-dealkylation sites (N-methyl/N-ethyl adjacent to an activating group) is 1. The molecule has 2 aliphatic rings. The Morgan fingerprint density at radius 3 is 2.71 bits per heavy atom. The summed E-state index contributed by atoms with van der Waals surface area (Å²) in [6, 6.07) is 7.56. The smallest absolute Gasteiger partial charge is 0.268 e. The summed E-state index contributed by atoms with van der Waals surface area (Å²) in [5.41, 5.74) is 9.14. The van der Waals surface area contributed by atoms with E-state index in [9.17, 15) is 9.59 Å². The third kappa shape index (κ3) is 2.71. The van der Waals surface area contributed by atoms with Gasteiger partial charge in [-0.2, -0.15) is 0 Å². The van der Waals surface area contributed by atoms with E-state index in [0.29, 0.717) is 12.2 Å². The average molecular weight is 330 g/mol. The van der Waals surface area contributed by atoms with Gasteiger partial charge in [-0.05, 0) is 30.9 Å². The van der Waals surface area contributed by atoms with Crippen LogP contribution in [0.4, 0.5) is 0 Å². The van der Waals surface area contributed by atoms with Crippen molar-refractivity contribution in [2.24, 2.45) is 11.7 Å². The fourth-order valence-electron chi connectivity index (χ4n) is 3.13. The van der Waals surface area contributed by atoms with E-state index in [1.807, 2.05) is 24.3 Å². The number of ether oxygens (including phenoxy) is 1. The van der Waals surface area contributed by atoms with Gasteiger partial charge < -0.3 is 15.8 Å². The first-order valence-corrected chi connectivity index (χ1v) is 7.94. The number of carbonyl (C=O) groups is 2. The molecule has 1 atom stereocenters. The van der Waals surface area contributed by atoms with Gasteiger partial charge in [0.1, 0.15) is 17.0 Å². The number of nitrogens with two attached hydrogens (primary N) is 1. The van der Waals surface area contributed by atoms with E-state index in [0.717, 1.165) is 24.2 Å². The molecule has 3 rings (SSSR count). The maximum absolute atomic E-state index is 12.3. The van der Waals surface area contributed by atoms with Gasteiger partial charge in [0.15, 0.2) is 0 Å². The molecular weight excluding hydrogens is 308 g/mol. The van der Waals surface area contributed by atoms with Crippen molar-refractivity contribution < 1.29 is 14.3 Å². The molecule has 1 heterocycles. The maximum atomic E-state index is 12.3. The van der Waals surface area contributed by atoms with E-state index < -0.39 is 11.4 Å². The molecule has 1 aliphatic carbocycles. The first-order valence-electron chi connectivity index (χ1n) is 7.94. The van der Waals surface area contributed by atoms with Crippen LogP contribution in [-0.4, -0.2) is 36.5 Å². The number of amides is 2. The van der Waals surface area contributed by atoms with E-state index in [4.69, 9.17) is 10.5 Å². The Bertz CT molecular complexity index is 699. The monoisotopic (exact) mass is 330 g/mol. The van der Waals surface area contributed by atoms with Crippen molar-refractivity contribution in [1.82, 2.24) is 15.8 Å². The molecule has 0 bridgehead atoms. The second-order valence-electron chi connectivity index (χ2n) is 6.13. The van der Waals surface area contributed by atoms with Gasteiger partial charge in [-0.25, -0.2) is 5.43 Å². The molecule has 0 saturated heterocycles. The van der Waals surface area contributed by atoms with Crippen LogP contribution in [0, 0.1) is 5.92 Å². The number of nitrogens with one attached hydrogen (secondary N) is 2. The summed E-state index contributed by atoms with van der Waals surface area (Å²) in [6.07, 6.45) is 3.49. The number of hydrogen-bond donors (Lipinski definition) is 3. The molecule has 1 saturated carbocycles. The van der Waals surface area contributed by atoms with E-state index in [2.05, 4.69) is 10.7 Å². The molecule has 0 aromatic heterocycles. The molecule has 2 amide bonds. The number of carbonyl (C=O) groups excluding carboxylic acids is 2. The zero-order valence-corrected chi connectivity index (χ0v) is 13.8. The summed E-state index contributed by atoms with van der Waals surface area (Å²) in [7, 11) is 3.16. The van der Waals surface area contributed by atoms with Gasteiger partial charge in [-0.1, -0.05) is 18.2 Å². The summed E-state index contributed by atoms with van der Waals surface area (Å²) in [5, 5.41) is 4.30. The van der Waals surface area contributed by atoms with Crippen molar-refractivity contribution in [2.45, 2.75) is 24.9 Å². The van der Waals surface area contributed by atoms with Crippen LogP contribution in [0.15, 0.2) is 36.0 Å². The van der Waals surface area contributed by atoms with Crippen LogP contribution in [-0.2, 0) is 16.1 Å². The van der Waals surface area contributed by atoms with E-state index in [1.165, 1.54) is 0 Å². The summed E-state index contributed by atoms with van der Waals surface area (Å²) in [4.78, 5) is 24.4. The molecule has 1 fully saturated rings. The molecule has 1 aromatic rings. The Hall–Kier alpha value is -2.54. The van der Waals surface area contributed by atoms with Crippen molar-refractivity contribution in [1.29, 1.82) is 0 Å². The van der Waals surface area contributed by atoms with Crippen LogP contribution >= 0.6 is 0 Å². The Labute approximate surface area is 140 Å². The first kappa shape index (κ1) is 16.3. The van der Waals surface area contributed by atoms with Crippen LogP contribution in [0.2, 0.25) is 0 Å². The summed E-state index contributed by atoms with van der Waals surface area (Å²) in [6.45, 7) is 0.380. The van der Waals surface area contributed by atoms with Gasteiger partial charge in [-0.3, -0.25) is 14.6 Å².